The molecule has 0 spiro atoms. The van der Waals surface area contributed by atoms with Crippen molar-refractivity contribution in [3.8, 4) is 0 Å². The third-order valence-corrected chi connectivity index (χ3v) is 6.59. The van der Waals surface area contributed by atoms with E-state index in [0.717, 1.165) is 11.5 Å². The Morgan fingerprint density at radius 3 is 1.89 bits per heavy atom. The first-order chi connectivity index (χ1) is 9.24. The summed E-state index contributed by atoms with van der Waals surface area (Å²) in [6.07, 6.45) is 0. The SMILES string of the molecule is Cc1cc2c(cc1C)CSC(c1ccccc1)SC2. The first-order valence-corrected chi connectivity index (χ1v) is 8.71. The standard InChI is InChI=1S/C17H18S2/c1-12-8-15-10-18-17(14-6-4-3-5-7-14)19-11-16(15)9-13(12)2/h3-9,17H,10-11H2,1-2H3. The van der Waals surface area contributed by atoms with Gasteiger partial charge in [0, 0.05) is 11.5 Å². The molecule has 1 aliphatic heterocycles. The van der Waals surface area contributed by atoms with Gasteiger partial charge >= 0.3 is 0 Å². The summed E-state index contributed by atoms with van der Waals surface area (Å²) in [6.45, 7) is 4.43. The molecular formula is C17H18S2. The summed E-state index contributed by atoms with van der Waals surface area (Å²) < 4.78 is 0.564. The summed E-state index contributed by atoms with van der Waals surface area (Å²) in [5, 5.41) is 0. The van der Waals surface area contributed by atoms with Gasteiger partial charge in [-0.15, -0.1) is 23.5 Å². The zero-order valence-corrected chi connectivity index (χ0v) is 13.0. The summed E-state index contributed by atoms with van der Waals surface area (Å²) in [6, 6.07) is 15.6. The van der Waals surface area contributed by atoms with Crippen LogP contribution < -0.4 is 0 Å². The predicted octanol–water partition coefficient (Wildman–Crippen LogP) is 5.48. The molecule has 1 heterocycles. The van der Waals surface area contributed by atoms with Crippen LogP contribution in [0.15, 0.2) is 42.5 Å². The van der Waals surface area contributed by atoms with Crippen LogP contribution in [0.3, 0.4) is 0 Å². The minimum atomic E-state index is 0.564. The molecule has 19 heavy (non-hydrogen) atoms. The Labute approximate surface area is 124 Å². The molecule has 1 aliphatic rings. The maximum absolute atomic E-state index is 2.38. The highest BCUT2D eigenvalue weighted by molar-refractivity contribution is 8.15. The van der Waals surface area contributed by atoms with E-state index in [9.17, 15) is 0 Å². The van der Waals surface area contributed by atoms with Crippen molar-refractivity contribution in [3.05, 3.63) is 70.3 Å². The van der Waals surface area contributed by atoms with Crippen molar-refractivity contribution < 1.29 is 0 Å². The smallest absolute Gasteiger partial charge is 0.0757 e. The Morgan fingerprint density at radius 2 is 1.37 bits per heavy atom. The zero-order chi connectivity index (χ0) is 13.2. The van der Waals surface area contributed by atoms with Crippen LogP contribution in [-0.2, 0) is 11.5 Å². The highest BCUT2D eigenvalue weighted by atomic mass is 32.2. The molecule has 0 aromatic heterocycles. The van der Waals surface area contributed by atoms with Gasteiger partial charge in [0.15, 0.2) is 0 Å². The van der Waals surface area contributed by atoms with E-state index in [1.807, 2.05) is 0 Å². The second-order valence-electron chi connectivity index (χ2n) is 5.07. The lowest BCUT2D eigenvalue weighted by molar-refractivity contribution is 1.22. The molecule has 2 aromatic carbocycles. The van der Waals surface area contributed by atoms with E-state index in [2.05, 4.69) is 79.8 Å². The number of fused-ring (bicyclic) bond motifs is 1. The lowest BCUT2D eigenvalue weighted by Gasteiger charge is -2.12. The molecule has 0 amide bonds. The number of benzene rings is 2. The van der Waals surface area contributed by atoms with Crippen LogP contribution >= 0.6 is 23.5 Å². The molecule has 0 nitrogen and oxygen atoms in total. The second kappa shape index (κ2) is 5.64. The van der Waals surface area contributed by atoms with Gasteiger partial charge in [0.2, 0.25) is 0 Å². The summed E-state index contributed by atoms with van der Waals surface area (Å²) in [7, 11) is 0. The van der Waals surface area contributed by atoms with Crippen molar-refractivity contribution >= 4 is 23.5 Å². The number of hydrogen-bond donors (Lipinski definition) is 0. The highest BCUT2D eigenvalue weighted by Crippen LogP contribution is 2.46. The molecule has 98 valence electrons. The molecule has 0 fully saturated rings. The van der Waals surface area contributed by atoms with Crippen molar-refractivity contribution in [3.63, 3.8) is 0 Å². The van der Waals surface area contributed by atoms with Crippen LogP contribution in [0.5, 0.6) is 0 Å². The predicted molar refractivity (Wildman–Crippen MR) is 87.7 cm³/mol. The van der Waals surface area contributed by atoms with Gasteiger partial charge in [0.25, 0.3) is 0 Å². The maximum Gasteiger partial charge on any atom is 0.0757 e. The summed E-state index contributed by atoms with van der Waals surface area (Å²) in [5.41, 5.74) is 7.34. The van der Waals surface area contributed by atoms with Gasteiger partial charge in [-0.2, -0.15) is 0 Å². The fourth-order valence-electron chi connectivity index (χ4n) is 2.39. The number of aryl methyl sites for hydroxylation is 2. The van der Waals surface area contributed by atoms with E-state index in [1.165, 1.54) is 27.8 Å². The van der Waals surface area contributed by atoms with Crippen molar-refractivity contribution in [2.24, 2.45) is 0 Å². The molecule has 3 rings (SSSR count). The van der Waals surface area contributed by atoms with E-state index in [-0.39, 0.29) is 0 Å². The van der Waals surface area contributed by atoms with Gasteiger partial charge in [0.1, 0.15) is 0 Å². The third-order valence-electron chi connectivity index (χ3n) is 3.67. The van der Waals surface area contributed by atoms with Gasteiger partial charge in [-0.25, -0.2) is 0 Å². The average Bonchev–Trinajstić information content (AvgIpc) is 2.63. The fourth-order valence-corrected chi connectivity index (χ4v) is 5.08. The van der Waals surface area contributed by atoms with Gasteiger partial charge < -0.3 is 0 Å². The van der Waals surface area contributed by atoms with E-state index >= 15 is 0 Å². The Kier molecular flexibility index (Phi) is 3.90. The molecule has 0 N–H and O–H groups in total. The minimum absolute atomic E-state index is 0.564. The maximum atomic E-state index is 2.38. The van der Waals surface area contributed by atoms with Crippen LogP contribution in [0.25, 0.3) is 0 Å². The number of rotatable bonds is 1. The molecule has 2 aromatic rings. The van der Waals surface area contributed by atoms with Crippen LogP contribution in [0.1, 0.15) is 32.4 Å². The van der Waals surface area contributed by atoms with Crippen molar-refractivity contribution in [2.75, 3.05) is 0 Å². The van der Waals surface area contributed by atoms with Crippen molar-refractivity contribution in [1.82, 2.24) is 0 Å². The average molecular weight is 286 g/mol. The van der Waals surface area contributed by atoms with E-state index in [1.54, 1.807) is 0 Å². The molecule has 0 aliphatic carbocycles. The molecule has 0 bridgehead atoms. The topological polar surface area (TPSA) is 0 Å². The molecular weight excluding hydrogens is 268 g/mol. The van der Waals surface area contributed by atoms with Gasteiger partial charge in [-0.05, 0) is 41.7 Å². The first kappa shape index (κ1) is 13.1. The molecule has 0 atom stereocenters. The first-order valence-electron chi connectivity index (χ1n) is 6.61. The van der Waals surface area contributed by atoms with Crippen LogP contribution in [0.2, 0.25) is 0 Å². The van der Waals surface area contributed by atoms with Crippen LogP contribution in [0.4, 0.5) is 0 Å². The molecule has 0 saturated carbocycles. The molecule has 0 saturated heterocycles. The molecule has 0 radical (unpaired) electrons. The fraction of sp³-hybridized carbons (Fsp3) is 0.294. The van der Waals surface area contributed by atoms with Crippen LogP contribution in [-0.4, -0.2) is 0 Å². The summed E-state index contributed by atoms with van der Waals surface area (Å²) in [5.74, 6) is 2.26. The number of thioether (sulfide) groups is 2. The lowest BCUT2D eigenvalue weighted by atomic mass is 10.0. The monoisotopic (exact) mass is 286 g/mol. The van der Waals surface area contributed by atoms with Gasteiger partial charge in [-0.3, -0.25) is 0 Å². The van der Waals surface area contributed by atoms with Crippen molar-refractivity contribution in [2.45, 2.75) is 29.9 Å². The Balaban J connectivity index is 1.85. The van der Waals surface area contributed by atoms with E-state index < -0.39 is 0 Å². The number of hydrogen-bond acceptors (Lipinski definition) is 2. The lowest BCUT2D eigenvalue weighted by Crippen LogP contribution is -1.92. The van der Waals surface area contributed by atoms with Crippen LogP contribution in [0, 0.1) is 13.8 Å². The Hall–Kier alpha value is -0.860. The normalized spacial score (nSPS) is 15.9. The highest BCUT2D eigenvalue weighted by Gasteiger charge is 2.19. The summed E-state index contributed by atoms with van der Waals surface area (Å²) >= 11 is 4.11. The second-order valence-corrected chi connectivity index (χ2v) is 7.56. The van der Waals surface area contributed by atoms with Gasteiger partial charge in [-0.1, -0.05) is 42.5 Å². The molecule has 0 unspecified atom stereocenters. The Morgan fingerprint density at radius 1 is 0.842 bits per heavy atom. The van der Waals surface area contributed by atoms with E-state index in [0.29, 0.717) is 4.58 Å². The molecule has 2 heteroatoms. The van der Waals surface area contributed by atoms with Crippen molar-refractivity contribution in [1.29, 1.82) is 0 Å². The largest absolute Gasteiger partial charge is 0.138 e. The third kappa shape index (κ3) is 2.85. The summed E-state index contributed by atoms with van der Waals surface area (Å²) in [4.78, 5) is 0. The quantitative estimate of drug-likeness (QED) is 0.680. The Bertz CT molecular complexity index is 542. The zero-order valence-electron chi connectivity index (χ0n) is 11.3. The minimum Gasteiger partial charge on any atom is -0.138 e. The van der Waals surface area contributed by atoms with Gasteiger partial charge in [0.05, 0.1) is 4.58 Å². The van der Waals surface area contributed by atoms with E-state index in [4.69, 9.17) is 0 Å².